The molecule has 1 aromatic rings. The number of rotatable bonds is 3. The topological polar surface area (TPSA) is 110 Å². The molecule has 1 aliphatic heterocycles. The lowest BCUT2D eigenvalue weighted by molar-refractivity contribution is -0.0151. The first-order chi connectivity index (χ1) is 9.06. The molecule has 8 heteroatoms. The fraction of sp³-hybridized carbons (Fsp3) is 0.455. The van der Waals surface area contributed by atoms with E-state index in [4.69, 9.17) is 10.5 Å². The third-order valence-corrected chi connectivity index (χ3v) is 3.25. The van der Waals surface area contributed by atoms with Crippen LogP contribution in [0.2, 0.25) is 0 Å². The number of nitrogens with two attached hydrogens (primary N) is 1. The van der Waals surface area contributed by atoms with Crippen LogP contribution < -0.4 is 17.0 Å². The Morgan fingerprint density at radius 2 is 2.37 bits per heavy atom. The zero-order valence-electron chi connectivity index (χ0n) is 9.95. The van der Waals surface area contributed by atoms with E-state index in [9.17, 15) is 14.7 Å². The van der Waals surface area contributed by atoms with Crippen molar-refractivity contribution in [1.29, 1.82) is 0 Å². The summed E-state index contributed by atoms with van der Waals surface area (Å²) in [6.07, 6.45) is 1.32. The van der Waals surface area contributed by atoms with Crippen LogP contribution in [0, 0.1) is 0 Å². The molecule has 0 amide bonds. The number of aliphatic hydroxyl groups excluding tert-OH is 1. The SMILES string of the molecule is NC[C@H]1O[C@@H](n2cc(C=CBr)c(=O)[nH]c2=O)C[C@@H]1O. The van der Waals surface area contributed by atoms with Gasteiger partial charge in [-0.3, -0.25) is 14.3 Å². The lowest BCUT2D eigenvalue weighted by Gasteiger charge is -2.14. The molecule has 3 atom stereocenters. The summed E-state index contributed by atoms with van der Waals surface area (Å²) in [7, 11) is 0. The molecule has 19 heavy (non-hydrogen) atoms. The number of aromatic amines is 1. The van der Waals surface area contributed by atoms with Crippen LogP contribution in [0.1, 0.15) is 18.2 Å². The molecule has 2 rings (SSSR count). The van der Waals surface area contributed by atoms with Gasteiger partial charge in [0.05, 0.1) is 17.8 Å². The van der Waals surface area contributed by atoms with Gasteiger partial charge in [-0.15, -0.1) is 0 Å². The van der Waals surface area contributed by atoms with Gasteiger partial charge in [-0.1, -0.05) is 15.9 Å². The molecule has 1 saturated heterocycles. The maximum Gasteiger partial charge on any atom is 0.330 e. The van der Waals surface area contributed by atoms with Crippen LogP contribution in [0.3, 0.4) is 0 Å². The molecule has 7 nitrogen and oxygen atoms in total. The van der Waals surface area contributed by atoms with Crippen LogP contribution in [0.4, 0.5) is 0 Å². The van der Waals surface area contributed by atoms with Gasteiger partial charge in [0.15, 0.2) is 0 Å². The van der Waals surface area contributed by atoms with Gasteiger partial charge in [-0.2, -0.15) is 0 Å². The zero-order chi connectivity index (χ0) is 14.0. The highest BCUT2D eigenvalue weighted by Gasteiger charge is 2.34. The number of nitrogens with one attached hydrogen (secondary N) is 1. The van der Waals surface area contributed by atoms with Crippen LogP contribution in [-0.2, 0) is 4.74 Å². The Morgan fingerprint density at radius 1 is 1.63 bits per heavy atom. The lowest BCUT2D eigenvalue weighted by Crippen LogP contribution is -2.33. The summed E-state index contributed by atoms with van der Waals surface area (Å²) in [6.45, 7) is 0.171. The van der Waals surface area contributed by atoms with Crippen molar-refractivity contribution in [1.82, 2.24) is 9.55 Å². The summed E-state index contributed by atoms with van der Waals surface area (Å²) in [6, 6.07) is 0. The van der Waals surface area contributed by atoms with Gasteiger partial charge in [-0.05, 0) is 11.1 Å². The summed E-state index contributed by atoms with van der Waals surface area (Å²) >= 11 is 3.07. The predicted molar refractivity (Wildman–Crippen MR) is 72.9 cm³/mol. The van der Waals surface area contributed by atoms with Crippen molar-refractivity contribution in [2.24, 2.45) is 5.73 Å². The minimum atomic E-state index is -0.719. The standard InChI is InChI=1S/C11H14BrN3O4/c12-2-1-6-5-15(11(18)14-10(6)17)9-3-7(16)8(4-13)19-9/h1-2,5,7-9,16H,3-4,13H2,(H,14,17,18)/t7-,8+,9+/m0/s1. The number of ether oxygens (including phenoxy) is 1. The minimum Gasteiger partial charge on any atom is -0.390 e. The Kier molecular flexibility index (Phi) is 4.35. The highest BCUT2D eigenvalue weighted by molar-refractivity contribution is 9.11. The monoisotopic (exact) mass is 331 g/mol. The average Bonchev–Trinajstić information content (AvgIpc) is 2.74. The maximum atomic E-state index is 11.8. The molecule has 0 bridgehead atoms. The van der Waals surface area contributed by atoms with Gasteiger partial charge in [0.1, 0.15) is 6.23 Å². The molecule has 0 spiro atoms. The molecule has 0 saturated carbocycles. The predicted octanol–water partition coefficient (Wildman–Crippen LogP) is -0.491. The van der Waals surface area contributed by atoms with Gasteiger partial charge >= 0.3 is 5.69 Å². The second kappa shape index (κ2) is 5.83. The largest absolute Gasteiger partial charge is 0.390 e. The molecule has 104 valence electrons. The molecule has 1 aromatic heterocycles. The Labute approximate surface area is 116 Å². The van der Waals surface area contributed by atoms with Crippen LogP contribution in [0.25, 0.3) is 6.08 Å². The summed E-state index contributed by atoms with van der Waals surface area (Å²) in [4.78, 5) is 27.0. The number of hydrogen-bond donors (Lipinski definition) is 3. The average molecular weight is 332 g/mol. The lowest BCUT2D eigenvalue weighted by atomic mass is 10.2. The van der Waals surface area contributed by atoms with Crippen LogP contribution in [0.5, 0.6) is 0 Å². The number of nitrogens with zero attached hydrogens (tertiary/aromatic N) is 1. The Hall–Kier alpha value is -1.22. The second-order valence-electron chi connectivity index (χ2n) is 4.21. The van der Waals surface area contributed by atoms with E-state index in [1.54, 1.807) is 0 Å². The summed E-state index contributed by atoms with van der Waals surface area (Å²) in [5.74, 6) is 0. The van der Waals surface area contributed by atoms with Crippen molar-refractivity contribution >= 4 is 22.0 Å². The van der Waals surface area contributed by atoms with Crippen LogP contribution >= 0.6 is 15.9 Å². The fourth-order valence-electron chi connectivity index (χ4n) is 2.00. The summed E-state index contributed by atoms with van der Waals surface area (Å²) in [5.41, 5.74) is 4.71. The fourth-order valence-corrected chi connectivity index (χ4v) is 2.28. The second-order valence-corrected chi connectivity index (χ2v) is 4.74. The Balaban J connectivity index is 2.38. The van der Waals surface area contributed by atoms with Crippen LogP contribution in [0.15, 0.2) is 20.8 Å². The van der Waals surface area contributed by atoms with E-state index < -0.39 is 29.7 Å². The molecule has 2 heterocycles. The quantitative estimate of drug-likeness (QED) is 0.692. The third-order valence-electron chi connectivity index (χ3n) is 2.98. The third kappa shape index (κ3) is 2.86. The first-order valence-corrected chi connectivity index (χ1v) is 6.64. The van der Waals surface area contributed by atoms with E-state index in [1.807, 2.05) is 0 Å². The van der Waals surface area contributed by atoms with Crippen LogP contribution in [-0.4, -0.2) is 33.4 Å². The molecule has 0 radical (unpaired) electrons. The highest BCUT2D eigenvalue weighted by Crippen LogP contribution is 2.26. The van der Waals surface area contributed by atoms with Crippen molar-refractivity contribution in [3.05, 3.63) is 37.6 Å². The van der Waals surface area contributed by atoms with E-state index in [1.165, 1.54) is 21.8 Å². The molecule has 0 unspecified atom stereocenters. The molecule has 1 fully saturated rings. The van der Waals surface area contributed by atoms with Gasteiger partial charge in [-0.25, -0.2) is 4.79 Å². The smallest absolute Gasteiger partial charge is 0.330 e. The zero-order valence-corrected chi connectivity index (χ0v) is 11.5. The minimum absolute atomic E-state index is 0.171. The first kappa shape index (κ1) is 14.2. The van der Waals surface area contributed by atoms with E-state index >= 15 is 0 Å². The van der Waals surface area contributed by atoms with E-state index in [0.29, 0.717) is 5.56 Å². The van der Waals surface area contributed by atoms with E-state index in [0.717, 1.165) is 0 Å². The summed E-state index contributed by atoms with van der Waals surface area (Å²) < 4.78 is 6.75. The van der Waals surface area contributed by atoms with Crippen molar-refractivity contribution < 1.29 is 9.84 Å². The molecule has 0 aliphatic carbocycles. The number of aromatic nitrogens is 2. The number of aliphatic hydroxyl groups is 1. The molecule has 0 aromatic carbocycles. The van der Waals surface area contributed by atoms with Gasteiger partial charge < -0.3 is 15.6 Å². The van der Waals surface area contributed by atoms with Crippen molar-refractivity contribution in [2.45, 2.75) is 24.9 Å². The summed E-state index contributed by atoms with van der Waals surface area (Å²) in [5, 5.41) is 9.73. The number of H-pyrrole nitrogens is 1. The van der Waals surface area contributed by atoms with Crippen molar-refractivity contribution in [3.8, 4) is 0 Å². The van der Waals surface area contributed by atoms with Crippen molar-refractivity contribution in [2.75, 3.05) is 6.54 Å². The first-order valence-electron chi connectivity index (χ1n) is 5.72. The van der Waals surface area contributed by atoms with E-state index in [-0.39, 0.29) is 13.0 Å². The molecular formula is C11H14BrN3O4. The van der Waals surface area contributed by atoms with Gasteiger partial charge in [0.25, 0.3) is 5.56 Å². The normalized spacial score (nSPS) is 27.2. The van der Waals surface area contributed by atoms with Gasteiger partial charge in [0, 0.05) is 19.2 Å². The Morgan fingerprint density at radius 3 is 2.95 bits per heavy atom. The van der Waals surface area contributed by atoms with Crippen molar-refractivity contribution in [3.63, 3.8) is 0 Å². The van der Waals surface area contributed by atoms with Gasteiger partial charge in [0.2, 0.25) is 0 Å². The number of hydrogen-bond acceptors (Lipinski definition) is 5. The Bertz CT molecular complexity index is 594. The molecule has 4 N–H and O–H groups in total. The highest BCUT2D eigenvalue weighted by atomic mass is 79.9. The molecular weight excluding hydrogens is 318 g/mol. The molecule has 1 aliphatic rings. The number of halogens is 1. The van der Waals surface area contributed by atoms with E-state index in [2.05, 4.69) is 20.9 Å². The maximum absolute atomic E-state index is 11.8.